The van der Waals surface area contributed by atoms with Crippen LogP contribution in [0.4, 0.5) is 5.69 Å². The van der Waals surface area contributed by atoms with Gasteiger partial charge < -0.3 is 10.1 Å². The predicted octanol–water partition coefficient (Wildman–Crippen LogP) is 3.31. The van der Waals surface area contributed by atoms with E-state index in [1.165, 1.54) is 11.1 Å². The molecule has 0 saturated carbocycles. The smallest absolute Gasteiger partial charge is 0.145 e. The molecule has 3 rings (SSSR count). The van der Waals surface area contributed by atoms with Crippen molar-refractivity contribution in [3.05, 3.63) is 71.8 Å². The highest BCUT2D eigenvalue weighted by atomic mass is 16.5. The van der Waals surface area contributed by atoms with Gasteiger partial charge in [0.05, 0.1) is 6.54 Å². The summed E-state index contributed by atoms with van der Waals surface area (Å²) in [5.41, 5.74) is 3.43. The highest BCUT2D eigenvalue weighted by Gasteiger charge is 2.02. The molecule has 5 nitrogen and oxygen atoms in total. The van der Waals surface area contributed by atoms with E-state index < -0.39 is 0 Å². The van der Waals surface area contributed by atoms with E-state index in [0.29, 0.717) is 13.2 Å². The number of hydrogen-bond acceptors (Lipinski definition) is 4. The van der Waals surface area contributed by atoms with Crippen molar-refractivity contribution in [2.75, 3.05) is 5.32 Å². The van der Waals surface area contributed by atoms with E-state index in [-0.39, 0.29) is 0 Å². The van der Waals surface area contributed by atoms with Crippen molar-refractivity contribution in [2.45, 2.75) is 20.1 Å². The van der Waals surface area contributed by atoms with Crippen LogP contribution in [-0.4, -0.2) is 14.8 Å². The Morgan fingerprint density at radius 1 is 1.13 bits per heavy atom. The van der Waals surface area contributed by atoms with Crippen molar-refractivity contribution in [1.82, 2.24) is 14.8 Å². The summed E-state index contributed by atoms with van der Waals surface area (Å²) in [6.07, 6.45) is 1.55. The van der Waals surface area contributed by atoms with Crippen molar-refractivity contribution < 1.29 is 4.74 Å². The Balaban J connectivity index is 1.61. The number of benzene rings is 2. The molecule has 23 heavy (non-hydrogen) atoms. The minimum atomic E-state index is 0.569. The van der Waals surface area contributed by atoms with Gasteiger partial charge in [0, 0.05) is 18.8 Å². The van der Waals surface area contributed by atoms with E-state index in [2.05, 4.69) is 34.5 Å². The van der Waals surface area contributed by atoms with Crippen LogP contribution in [0.3, 0.4) is 0 Å². The lowest BCUT2D eigenvalue weighted by Gasteiger charge is -2.11. The Bertz CT molecular complexity index is 782. The predicted molar refractivity (Wildman–Crippen MR) is 90.3 cm³/mol. The number of aromatic nitrogens is 3. The molecule has 1 aromatic heterocycles. The van der Waals surface area contributed by atoms with Gasteiger partial charge in [-0.05, 0) is 30.2 Å². The molecule has 0 radical (unpaired) electrons. The van der Waals surface area contributed by atoms with Crippen LogP contribution >= 0.6 is 0 Å². The molecule has 0 bridgehead atoms. The number of rotatable bonds is 6. The maximum atomic E-state index is 5.90. The van der Waals surface area contributed by atoms with E-state index in [4.69, 9.17) is 4.74 Å². The highest BCUT2D eigenvalue weighted by molar-refractivity contribution is 5.48. The van der Waals surface area contributed by atoms with E-state index in [9.17, 15) is 0 Å². The fourth-order valence-corrected chi connectivity index (χ4v) is 2.29. The summed E-state index contributed by atoms with van der Waals surface area (Å²) in [7, 11) is 1.88. The molecule has 2 aromatic carbocycles. The van der Waals surface area contributed by atoms with E-state index in [1.54, 1.807) is 11.0 Å². The third-order valence-corrected chi connectivity index (χ3v) is 3.75. The lowest BCUT2D eigenvalue weighted by molar-refractivity contribution is 0.305. The van der Waals surface area contributed by atoms with Crippen LogP contribution in [0.2, 0.25) is 0 Å². The molecule has 0 spiro atoms. The largest absolute Gasteiger partial charge is 0.489 e. The van der Waals surface area contributed by atoms with Gasteiger partial charge in [0.2, 0.25) is 0 Å². The molecule has 1 heterocycles. The zero-order valence-corrected chi connectivity index (χ0v) is 13.4. The Hall–Kier alpha value is -2.82. The first kappa shape index (κ1) is 15.1. The van der Waals surface area contributed by atoms with E-state index in [1.807, 2.05) is 43.4 Å². The number of anilines is 1. The molecule has 0 aliphatic heterocycles. The fourth-order valence-electron chi connectivity index (χ4n) is 2.29. The summed E-state index contributed by atoms with van der Waals surface area (Å²) in [6.45, 7) is 3.29. The van der Waals surface area contributed by atoms with Crippen molar-refractivity contribution in [3.8, 4) is 5.75 Å². The van der Waals surface area contributed by atoms with Crippen LogP contribution < -0.4 is 10.1 Å². The molecule has 0 saturated heterocycles. The first-order valence-corrected chi connectivity index (χ1v) is 7.56. The van der Waals surface area contributed by atoms with E-state index in [0.717, 1.165) is 17.3 Å². The van der Waals surface area contributed by atoms with Crippen LogP contribution in [0.5, 0.6) is 5.75 Å². The average molecular weight is 308 g/mol. The second-order valence-electron chi connectivity index (χ2n) is 5.40. The monoisotopic (exact) mass is 308 g/mol. The number of ether oxygens (including phenoxy) is 1. The molecular formula is C18H20N4O. The van der Waals surface area contributed by atoms with Crippen molar-refractivity contribution in [3.63, 3.8) is 0 Å². The number of nitrogens with zero attached hydrogens (tertiary/aromatic N) is 3. The maximum Gasteiger partial charge on any atom is 0.145 e. The van der Waals surface area contributed by atoms with E-state index >= 15 is 0 Å². The van der Waals surface area contributed by atoms with Gasteiger partial charge in [0.15, 0.2) is 0 Å². The Morgan fingerprint density at radius 3 is 2.78 bits per heavy atom. The summed E-state index contributed by atoms with van der Waals surface area (Å²) < 4.78 is 7.66. The minimum Gasteiger partial charge on any atom is -0.489 e. The molecular weight excluding hydrogens is 288 g/mol. The third kappa shape index (κ3) is 3.88. The SMILES string of the molecule is Cc1ccccc1COc1cccc(NCc2ncnn2C)c1. The van der Waals surface area contributed by atoms with Crippen LogP contribution in [0, 0.1) is 6.92 Å². The standard InChI is InChI=1S/C18H20N4O/c1-14-6-3-4-7-15(14)12-23-17-9-5-8-16(10-17)19-11-18-20-13-21-22(18)2/h3-10,13,19H,11-12H2,1-2H3. The molecule has 0 aliphatic rings. The fraction of sp³-hybridized carbons (Fsp3) is 0.222. The van der Waals surface area contributed by atoms with Crippen LogP contribution in [0.1, 0.15) is 17.0 Å². The topological polar surface area (TPSA) is 52.0 Å². The molecule has 3 aromatic rings. The van der Waals surface area contributed by atoms with Gasteiger partial charge >= 0.3 is 0 Å². The second kappa shape index (κ2) is 6.96. The van der Waals surface area contributed by atoms with Gasteiger partial charge in [-0.1, -0.05) is 30.3 Å². The average Bonchev–Trinajstić information content (AvgIpc) is 2.98. The lowest BCUT2D eigenvalue weighted by atomic mass is 10.1. The number of nitrogens with one attached hydrogen (secondary N) is 1. The first-order valence-electron chi connectivity index (χ1n) is 7.56. The van der Waals surface area contributed by atoms with Gasteiger partial charge in [-0.2, -0.15) is 5.10 Å². The second-order valence-corrected chi connectivity index (χ2v) is 5.40. The van der Waals surface area contributed by atoms with Crippen molar-refractivity contribution in [1.29, 1.82) is 0 Å². The molecule has 0 amide bonds. The minimum absolute atomic E-state index is 0.569. The van der Waals surface area contributed by atoms with Crippen molar-refractivity contribution >= 4 is 5.69 Å². The van der Waals surface area contributed by atoms with Gasteiger partial charge in [-0.15, -0.1) is 0 Å². The normalized spacial score (nSPS) is 10.5. The van der Waals surface area contributed by atoms with Gasteiger partial charge in [0.25, 0.3) is 0 Å². The Morgan fingerprint density at radius 2 is 2.00 bits per heavy atom. The summed E-state index contributed by atoms with van der Waals surface area (Å²) in [5, 5.41) is 7.39. The highest BCUT2D eigenvalue weighted by Crippen LogP contribution is 2.19. The van der Waals surface area contributed by atoms with Crippen LogP contribution in [0.15, 0.2) is 54.9 Å². The Kier molecular flexibility index (Phi) is 4.57. The molecule has 0 fully saturated rings. The van der Waals surface area contributed by atoms with Gasteiger partial charge in [0.1, 0.15) is 24.5 Å². The zero-order chi connectivity index (χ0) is 16.1. The molecule has 0 atom stereocenters. The zero-order valence-electron chi connectivity index (χ0n) is 13.4. The quantitative estimate of drug-likeness (QED) is 0.759. The summed E-state index contributed by atoms with van der Waals surface area (Å²) in [6, 6.07) is 16.2. The Labute approximate surface area is 135 Å². The summed E-state index contributed by atoms with van der Waals surface area (Å²) >= 11 is 0. The number of aryl methyl sites for hydroxylation is 2. The lowest BCUT2D eigenvalue weighted by Crippen LogP contribution is -2.06. The molecule has 118 valence electrons. The van der Waals surface area contributed by atoms with Gasteiger partial charge in [-0.3, -0.25) is 4.68 Å². The van der Waals surface area contributed by atoms with Crippen molar-refractivity contribution in [2.24, 2.45) is 7.05 Å². The first-order chi connectivity index (χ1) is 11.2. The molecule has 1 N–H and O–H groups in total. The summed E-state index contributed by atoms with van der Waals surface area (Å²) in [5.74, 6) is 1.73. The van der Waals surface area contributed by atoms with Crippen LogP contribution in [-0.2, 0) is 20.2 Å². The van der Waals surface area contributed by atoms with Gasteiger partial charge in [-0.25, -0.2) is 4.98 Å². The maximum absolute atomic E-state index is 5.90. The molecule has 5 heteroatoms. The summed E-state index contributed by atoms with van der Waals surface area (Å²) in [4.78, 5) is 4.20. The molecule has 0 unspecified atom stereocenters. The third-order valence-electron chi connectivity index (χ3n) is 3.75. The number of hydrogen-bond donors (Lipinski definition) is 1. The molecule has 0 aliphatic carbocycles. The van der Waals surface area contributed by atoms with Crippen LogP contribution in [0.25, 0.3) is 0 Å².